The van der Waals surface area contributed by atoms with Crippen LogP contribution in [0.5, 0.6) is 0 Å². The van der Waals surface area contributed by atoms with Crippen LogP contribution in [0.4, 0.5) is 0 Å². The molecule has 0 bridgehead atoms. The van der Waals surface area contributed by atoms with Gasteiger partial charge in [-0.3, -0.25) is 9.59 Å². The number of hydrogen-bond acceptors (Lipinski definition) is 4. The van der Waals surface area contributed by atoms with Crippen molar-refractivity contribution in [1.29, 1.82) is 0 Å². The second-order valence-corrected chi connectivity index (χ2v) is 5.52. The van der Waals surface area contributed by atoms with Crippen LogP contribution in [0.15, 0.2) is 35.6 Å². The number of ether oxygens (including phenoxy) is 1. The van der Waals surface area contributed by atoms with Gasteiger partial charge in [0.2, 0.25) is 0 Å². The van der Waals surface area contributed by atoms with Gasteiger partial charge < -0.3 is 15.0 Å². The Kier molecular flexibility index (Phi) is 6.51. The summed E-state index contributed by atoms with van der Waals surface area (Å²) in [5.41, 5.74) is 4.03. The molecule has 24 heavy (non-hydrogen) atoms. The highest BCUT2D eigenvalue weighted by atomic mass is 16.5. The Labute approximate surface area is 140 Å². The number of fused-ring (bicyclic) bond motifs is 1. The first-order valence-corrected chi connectivity index (χ1v) is 7.87. The molecule has 3 N–H and O–H groups in total. The zero-order valence-corrected chi connectivity index (χ0v) is 13.8. The number of benzene rings is 1. The van der Waals surface area contributed by atoms with Gasteiger partial charge in [-0.05, 0) is 26.3 Å². The number of nitrogens with zero attached hydrogens (tertiary/aromatic N) is 1. The van der Waals surface area contributed by atoms with E-state index >= 15 is 0 Å². The molecule has 0 aliphatic heterocycles. The highest BCUT2D eigenvalue weighted by Gasteiger charge is 2.11. The highest BCUT2D eigenvalue weighted by Crippen LogP contribution is 2.15. The maximum absolute atomic E-state index is 11.6. The van der Waals surface area contributed by atoms with Gasteiger partial charge in [-0.2, -0.15) is 5.10 Å². The van der Waals surface area contributed by atoms with Crippen molar-refractivity contribution in [2.45, 2.75) is 26.4 Å². The average molecular weight is 330 g/mol. The fourth-order valence-corrected chi connectivity index (χ4v) is 2.09. The number of carbonyl (C=O) groups excluding carboxylic acids is 2. The van der Waals surface area contributed by atoms with Crippen LogP contribution >= 0.6 is 0 Å². The minimum Gasteiger partial charge on any atom is -0.379 e. The molecule has 128 valence electrons. The Bertz CT molecular complexity index is 721. The average Bonchev–Trinajstić information content (AvgIpc) is 2.97. The van der Waals surface area contributed by atoms with Crippen molar-refractivity contribution < 1.29 is 14.3 Å². The number of carbonyl (C=O) groups is 2. The van der Waals surface area contributed by atoms with Crippen LogP contribution < -0.4 is 10.7 Å². The zero-order chi connectivity index (χ0) is 17.4. The van der Waals surface area contributed by atoms with Gasteiger partial charge in [0.15, 0.2) is 0 Å². The maximum Gasteiger partial charge on any atom is 0.329 e. The molecule has 0 saturated heterocycles. The molecule has 0 unspecified atom stereocenters. The van der Waals surface area contributed by atoms with Crippen LogP contribution in [-0.2, 0) is 14.3 Å². The minimum absolute atomic E-state index is 0.155. The second-order valence-electron chi connectivity index (χ2n) is 5.52. The Morgan fingerprint density at radius 2 is 2.08 bits per heavy atom. The summed E-state index contributed by atoms with van der Waals surface area (Å²) in [5.74, 6) is -1.51. The van der Waals surface area contributed by atoms with E-state index in [1.54, 1.807) is 6.20 Å². The molecule has 1 heterocycles. The number of aromatic amines is 1. The summed E-state index contributed by atoms with van der Waals surface area (Å²) in [6, 6.07) is 7.74. The molecule has 7 nitrogen and oxygen atoms in total. The predicted octanol–water partition coefficient (Wildman–Crippen LogP) is 1.55. The summed E-state index contributed by atoms with van der Waals surface area (Å²) in [7, 11) is 0. The third-order valence-electron chi connectivity index (χ3n) is 3.26. The lowest BCUT2D eigenvalue weighted by molar-refractivity contribution is -0.139. The number of H-pyrrole nitrogens is 1. The van der Waals surface area contributed by atoms with Crippen LogP contribution in [0.3, 0.4) is 0 Å². The van der Waals surface area contributed by atoms with E-state index in [9.17, 15) is 9.59 Å². The molecular weight excluding hydrogens is 308 g/mol. The third-order valence-corrected chi connectivity index (χ3v) is 3.26. The van der Waals surface area contributed by atoms with E-state index in [-0.39, 0.29) is 6.10 Å². The lowest BCUT2D eigenvalue weighted by Crippen LogP contribution is -2.38. The van der Waals surface area contributed by atoms with Crippen molar-refractivity contribution in [2.75, 3.05) is 13.2 Å². The number of nitrogens with one attached hydrogen (secondary N) is 3. The van der Waals surface area contributed by atoms with E-state index in [1.807, 2.05) is 38.1 Å². The molecule has 0 atom stereocenters. The van der Waals surface area contributed by atoms with Gasteiger partial charge in [0.25, 0.3) is 0 Å². The summed E-state index contributed by atoms with van der Waals surface area (Å²) in [5, 5.41) is 7.33. The second kappa shape index (κ2) is 8.83. The van der Waals surface area contributed by atoms with Gasteiger partial charge in [-0.25, -0.2) is 5.43 Å². The van der Waals surface area contributed by atoms with Crippen molar-refractivity contribution in [3.8, 4) is 0 Å². The summed E-state index contributed by atoms with van der Waals surface area (Å²) < 4.78 is 5.35. The van der Waals surface area contributed by atoms with Crippen molar-refractivity contribution in [2.24, 2.45) is 5.10 Å². The number of rotatable bonds is 7. The summed E-state index contributed by atoms with van der Waals surface area (Å²) in [6.07, 6.45) is 4.09. The van der Waals surface area contributed by atoms with E-state index < -0.39 is 11.8 Å². The number of para-hydroxylation sites is 1. The lowest BCUT2D eigenvalue weighted by Gasteiger charge is -2.07. The van der Waals surface area contributed by atoms with Crippen molar-refractivity contribution >= 4 is 28.9 Å². The molecule has 0 aliphatic rings. The fraction of sp³-hybridized carbons (Fsp3) is 0.353. The molecule has 1 aromatic carbocycles. The van der Waals surface area contributed by atoms with E-state index in [2.05, 4.69) is 20.8 Å². The van der Waals surface area contributed by atoms with Crippen LogP contribution in [0.25, 0.3) is 10.9 Å². The van der Waals surface area contributed by atoms with E-state index in [0.717, 1.165) is 16.5 Å². The first-order chi connectivity index (χ1) is 11.6. The molecular formula is C17H22N4O3. The Balaban J connectivity index is 1.75. The minimum atomic E-state index is -0.795. The summed E-state index contributed by atoms with van der Waals surface area (Å²) in [4.78, 5) is 26.3. The Morgan fingerprint density at radius 1 is 1.29 bits per heavy atom. The van der Waals surface area contributed by atoms with Gasteiger partial charge in [-0.1, -0.05) is 18.2 Å². The Morgan fingerprint density at radius 3 is 2.88 bits per heavy atom. The molecule has 1 aromatic heterocycles. The topological polar surface area (TPSA) is 95.6 Å². The highest BCUT2D eigenvalue weighted by molar-refractivity contribution is 6.35. The van der Waals surface area contributed by atoms with Crippen molar-refractivity contribution in [3.05, 3.63) is 36.0 Å². The SMILES string of the molecule is CC(C)OCCCNC(=O)C(=O)N/N=C/c1c[nH]c2ccccc12. The molecule has 2 rings (SSSR count). The number of hydrazone groups is 1. The van der Waals surface area contributed by atoms with Crippen LogP contribution in [0.1, 0.15) is 25.8 Å². The van der Waals surface area contributed by atoms with E-state index in [0.29, 0.717) is 19.6 Å². The van der Waals surface area contributed by atoms with E-state index in [4.69, 9.17) is 4.74 Å². The first kappa shape index (κ1) is 17.7. The first-order valence-electron chi connectivity index (χ1n) is 7.87. The Hall–Kier alpha value is -2.67. The molecule has 0 spiro atoms. The molecule has 0 aliphatic carbocycles. The molecule has 0 fully saturated rings. The summed E-state index contributed by atoms with van der Waals surface area (Å²) >= 11 is 0. The molecule has 7 heteroatoms. The molecule has 0 radical (unpaired) electrons. The lowest BCUT2D eigenvalue weighted by atomic mass is 10.2. The molecule has 2 amide bonds. The van der Waals surface area contributed by atoms with Gasteiger partial charge in [-0.15, -0.1) is 0 Å². The fourth-order valence-electron chi connectivity index (χ4n) is 2.09. The van der Waals surface area contributed by atoms with Crippen LogP contribution in [-0.4, -0.2) is 42.3 Å². The predicted molar refractivity (Wildman–Crippen MR) is 92.8 cm³/mol. The number of aromatic nitrogens is 1. The molecule has 0 saturated carbocycles. The van der Waals surface area contributed by atoms with Gasteiger partial charge >= 0.3 is 11.8 Å². The zero-order valence-electron chi connectivity index (χ0n) is 13.8. The van der Waals surface area contributed by atoms with Crippen LogP contribution in [0.2, 0.25) is 0 Å². The van der Waals surface area contributed by atoms with Crippen LogP contribution in [0, 0.1) is 0 Å². The normalized spacial score (nSPS) is 11.3. The number of hydrogen-bond donors (Lipinski definition) is 3. The quantitative estimate of drug-likeness (QED) is 0.311. The molecule has 2 aromatic rings. The third kappa shape index (κ3) is 5.20. The standard InChI is InChI=1S/C17H22N4O3/c1-12(2)24-9-5-8-18-16(22)17(23)21-20-11-13-10-19-15-7-4-3-6-14(13)15/h3-4,6-7,10-12,19H,5,8-9H2,1-2H3,(H,18,22)(H,21,23)/b20-11+. The van der Waals surface area contributed by atoms with Gasteiger partial charge in [0.05, 0.1) is 12.3 Å². The van der Waals surface area contributed by atoms with E-state index in [1.165, 1.54) is 6.21 Å². The maximum atomic E-state index is 11.6. The van der Waals surface area contributed by atoms with Crippen molar-refractivity contribution in [1.82, 2.24) is 15.7 Å². The van der Waals surface area contributed by atoms with Gasteiger partial charge in [0.1, 0.15) is 0 Å². The monoisotopic (exact) mass is 330 g/mol. The van der Waals surface area contributed by atoms with Crippen molar-refractivity contribution in [3.63, 3.8) is 0 Å². The summed E-state index contributed by atoms with van der Waals surface area (Å²) in [6.45, 7) is 4.80. The number of amides is 2. The smallest absolute Gasteiger partial charge is 0.329 e. The van der Waals surface area contributed by atoms with Gasteiger partial charge in [0, 0.05) is 35.8 Å². The largest absolute Gasteiger partial charge is 0.379 e.